The van der Waals surface area contributed by atoms with E-state index in [4.69, 9.17) is 17.0 Å². The molecule has 0 saturated carbocycles. The molecular weight excluding hydrogens is 461 g/mol. The Hall–Kier alpha value is -3.49. The number of para-hydroxylation sites is 1. The van der Waals surface area contributed by atoms with Crippen LogP contribution in [0.3, 0.4) is 0 Å². The number of aromatic nitrogens is 1. The first kappa shape index (κ1) is 21.4. The lowest BCUT2D eigenvalue weighted by atomic mass is 10.1. The molecule has 164 valence electrons. The van der Waals surface area contributed by atoms with Crippen molar-refractivity contribution in [3.05, 3.63) is 93.5 Å². The summed E-state index contributed by atoms with van der Waals surface area (Å²) in [6.45, 7) is 3.89. The number of rotatable bonds is 3. The van der Waals surface area contributed by atoms with Gasteiger partial charge in [0.05, 0.1) is 16.3 Å². The van der Waals surface area contributed by atoms with Gasteiger partial charge in [0.2, 0.25) is 5.17 Å². The fourth-order valence-electron chi connectivity index (χ4n) is 3.79. The van der Waals surface area contributed by atoms with E-state index in [9.17, 15) is 9.18 Å². The number of hydrazone groups is 1. The quantitative estimate of drug-likeness (QED) is 0.502. The number of nitrogens with zero attached hydrogens (tertiary/aromatic N) is 4. The molecule has 3 heterocycles. The Bertz CT molecular complexity index is 1420. The second kappa shape index (κ2) is 8.13. The van der Waals surface area contributed by atoms with Gasteiger partial charge in [0.15, 0.2) is 5.84 Å². The molecule has 1 N–H and O–H groups in total. The summed E-state index contributed by atoms with van der Waals surface area (Å²) in [5, 5.41) is 15.9. The highest BCUT2D eigenvalue weighted by Crippen LogP contribution is 2.32. The number of halogens is 2. The predicted molar refractivity (Wildman–Crippen MR) is 131 cm³/mol. The molecule has 1 aromatic heterocycles. The highest BCUT2D eigenvalue weighted by Gasteiger charge is 2.36. The number of amides is 1. The maximum absolute atomic E-state index is 13.3. The molecule has 0 fully saturated rings. The van der Waals surface area contributed by atoms with Crippen LogP contribution in [0.2, 0.25) is 5.02 Å². The number of carbonyl (C=O) groups is 1. The number of benzene rings is 2. The minimum Gasteiger partial charge on any atom is -0.316 e. The molecule has 33 heavy (non-hydrogen) atoms. The Kier molecular flexibility index (Phi) is 5.26. The number of hydrogen-bond acceptors (Lipinski definition) is 4. The molecule has 0 aliphatic carbocycles. The first-order valence-electron chi connectivity index (χ1n) is 10.0. The van der Waals surface area contributed by atoms with E-state index in [2.05, 4.69) is 10.1 Å². The van der Waals surface area contributed by atoms with Gasteiger partial charge in [-0.25, -0.2) is 4.39 Å². The third-order valence-electron chi connectivity index (χ3n) is 5.41. The topological polar surface area (TPSA) is 73.8 Å². The molecule has 2 aliphatic rings. The van der Waals surface area contributed by atoms with Crippen molar-refractivity contribution < 1.29 is 9.18 Å². The molecule has 0 radical (unpaired) electrons. The highest BCUT2D eigenvalue weighted by molar-refractivity contribution is 8.27. The number of aliphatic imine (C=N–C) groups is 1. The Morgan fingerprint density at radius 3 is 2.58 bits per heavy atom. The van der Waals surface area contributed by atoms with E-state index in [0.717, 1.165) is 22.6 Å². The first-order chi connectivity index (χ1) is 15.8. The van der Waals surface area contributed by atoms with Gasteiger partial charge in [0.25, 0.3) is 5.91 Å². The minimum atomic E-state index is -0.503. The number of nitrogens with one attached hydrogen (secondary N) is 1. The SMILES string of the molecule is Cc1cc(/C=C2/C(=N)N3N=C(c4ccc(F)cc4)SC3=NC2=O)c(C)n1-c1ccccc1Cl. The van der Waals surface area contributed by atoms with Crippen LogP contribution in [0.1, 0.15) is 22.5 Å². The number of hydrogen-bond donors (Lipinski definition) is 1. The van der Waals surface area contributed by atoms with Gasteiger partial charge in [-0.05, 0) is 79.7 Å². The zero-order valence-electron chi connectivity index (χ0n) is 17.6. The Morgan fingerprint density at radius 1 is 1.12 bits per heavy atom. The molecule has 0 spiro atoms. The van der Waals surface area contributed by atoms with Crippen LogP contribution >= 0.6 is 23.4 Å². The number of amidine groups is 2. The molecule has 0 atom stereocenters. The lowest BCUT2D eigenvalue weighted by molar-refractivity contribution is -0.114. The van der Waals surface area contributed by atoms with E-state index in [0.29, 0.717) is 20.8 Å². The molecule has 0 bridgehead atoms. The van der Waals surface area contributed by atoms with Gasteiger partial charge in [0, 0.05) is 17.0 Å². The van der Waals surface area contributed by atoms with E-state index >= 15 is 0 Å². The lowest BCUT2D eigenvalue weighted by Gasteiger charge is -2.20. The third kappa shape index (κ3) is 3.71. The summed E-state index contributed by atoms with van der Waals surface area (Å²) in [5.74, 6) is -0.908. The molecular formula is C24H17ClFN5OS. The van der Waals surface area contributed by atoms with Crippen LogP contribution in [-0.2, 0) is 4.79 Å². The van der Waals surface area contributed by atoms with E-state index in [1.54, 1.807) is 18.2 Å². The molecule has 2 aromatic carbocycles. The van der Waals surface area contributed by atoms with Crippen molar-refractivity contribution >= 4 is 51.4 Å². The fraction of sp³-hybridized carbons (Fsp3) is 0.0833. The van der Waals surface area contributed by atoms with Gasteiger partial charge < -0.3 is 4.57 Å². The summed E-state index contributed by atoms with van der Waals surface area (Å²) in [5.41, 5.74) is 4.28. The molecule has 9 heteroatoms. The largest absolute Gasteiger partial charge is 0.316 e. The standard InChI is InChI=1S/C24H17ClFN5OS/c1-13-11-16(14(2)30(13)20-6-4-3-5-19(20)25)12-18-21(27)31-24(28-22(18)32)33-23(29-31)15-7-9-17(26)10-8-15/h3-12,27H,1-2H3/b18-12-,27-21?. The van der Waals surface area contributed by atoms with Crippen LogP contribution in [0, 0.1) is 25.1 Å². The Labute approximate surface area is 198 Å². The molecule has 3 aromatic rings. The monoisotopic (exact) mass is 477 g/mol. The smallest absolute Gasteiger partial charge is 0.283 e. The summed E-state index contributed by atoms with van der Waals surface area (Å²) in [7, 11) is 0. The number of carbonyl (C=O) groups excluding carboxylic acids is 1. The summed E-state index contributed by atoms with van der Waals surface area (Å²) in [4.78, 5) is 16.9. The van der Waals surface area contributed by atoms with Crippen LogP contribution in [0.25, 0.3) is 11.8 Å². The van der Waals surface area contributed by atoms with Crippen LogP contribution in [0.5, 0.6) is 0 Å². The summed E-state index contributed by atoms with van der Waals surface area (Å²) >= 11 is 7.57. The van der Waals surface area contributed by atoms with Gasteiger partial charge in [-0.1, -0.05) is 23.7 Å². The highest BCUT2D eigenvalue weighted by atomic mass is 35.5. The van der Waals surface area contributed by atoms with Crippen molar-refractivity contribution in [1.82, 2.24) is 9.58 Å². The normalized spacial score (nSPS) is 16.8. The molecule has 5 rings (SSSR count). The van der Waals surface area contributed by atoms with E-state index in [1.165, 1.54) is 28.9 Å². The lowest BCUT2D eigenvalue weighted by Crippen LogP contribution is -2.35. The minimum absolute atomic E-state index is 0.0582. The van der Waals surface area contributed by atoms with Crippen molar-refractivity contribution in [2.45, 2.75) is 13.8 Å². The maximum Gasteiger partial charge on any atom is 0.283 e. The van der Waals surface area contributed by atoms with Gasteiger partial charge in [-0.15, -0.1) is 0 Å². The maximum atomic E-state index is 13.3. The molecule has 0 unspecified atom stereocenters. The molecule has 6 nitrogen and oxygen atoms in total. The molecule has 2 aliphatic heterocycles. The number of thioether (sulfide) groups is 1. The number of aryl methyl sites for hydroxylation is 1. The van der Waals surface area contributed by atoms with Gasteiger partial charge in [-0.3, -0.25) is 10.2 Å². The van der Waals surface area contributed by atoms with Crippen LogP contribution in [0.15, 0.2) is 70.3 Å². The van der Waals surface area contributed by atoms with Crippen molar-refractivity contribution in [2.24, 2.45) is 10.1 Å². The Balaban J connectivity index is 1.52. The van der Waals surface area contributed by atoms with E-state index in [-0.39, 0.29) is 17.2 Å². The van der Waals surface area contributed by atoms with Crippen molar-refractivity contribution in [2.75, 3.05) is 0 Å². The molecule has 0 saturated heterocycles. The third-order valence-corrected chi connectivity index (χ3v) is 6.69. The van der Waals surface area contributed by atoms with Crippen molar-refractivity contribution in [1.29, 1.82) is 5.41 Å². The van der Waals surface area contributed by atoms with Crippen LogP contribution in [-0.4, -0.2) is 31.5 Å². The Morgan fingerprint density at radius 2 is 1.85 bits per heavy atom. The summed E-state index contributed by atoms with van der Waals surface area (Å²) in [6.07, 6.45) is 1.66. The second-order valence-electron chi connectivity index (χ2n) is 7.55. The first-order valence-corrected chi connectivity index (χ1v) is 11.2. The second-order valence-corrected chi connectivity index (χ2v) is 8.91. The predicted octanol–water partition coefficient (Wildman–Crippen LogP) is 5.55. The van der Waals surface area contributed by atoms with Gasteiger partial charge >= 0.3 is 0 Å². The average Bonchev–Trinajstić information content (AvgIpc) is 3.33. The zero-order valence-corrected chi connectivity index (χ0v) is 19.2. The van der Waals surface area contributed by atoms with E-state index < -0.39 is 5.91 Å². The summed E-state index contributed by atoms with van der Waals surface area (Å²) < 4.78 is 15.3. The zero-order chi connectivity index (χ0) is 23.3. The van der Waals surface area contributed by atoms with Crippen LogP contribution < -0.4 is 0 Å². The van der Waals surface area contributed by atoms with Crippen LogP contribution in [0.4, 0.5) is 4.39 Å². The summed E-state index contributed by atoms with van der Waals surface area (Å²) in [6, 6.07) is 15.4. The number of fused-ring (bicyclic) bond motifs is 1. The van der Waals surface area contributed by atoms with Crippen molar-refractivity contribution in [3.63, 3.8) is 0 Å². The van der Waals surface area contributed by atoms with Crippen molar-refractivity contribution in [3.8, 4) is 5.69 Å². The average molecular weight is 478 g/mol. The fourth-order valence-corrected chi connectivity index (χ4v) is 4.91. The van der Waals surface area contributed by atoms with Gasteiger partial charge in [0.1, 0.15) is 10.9 Å². The molecule has 1 amide bonds. The van der Waals surface area contributed by atoms with Gasteiger partial charge in [-0.2, -0.15) is 15.1 Å². The van der Waals surface area contributed by atoms with E-state index in [1.807, 2.05) is 48.7 Å².